The quantitative estimate of drug-likeness (QED) is 0.761. The van der Waals surface area contributed by atoms with E-state index < -0.39 is 17.9 Å². The molecule has 0 saturated heterocycles. The molecule has 1 atom stereocenters. The number of methoxy groups -OCH3 is 1. The van der Waals surface area contributed by atoms with E-state index in [0.717, 1.165) is 0 Å². The predicted molar refractivity (Wildman–Crippen MR) is 99.2 cm³/mol. The normalized spacial score (nSPS) is 11.3. The first-order chi connectivity index (χ1) is 12.4. The first-order valence-corrected chi connectivity index (χ1v) is 8.29. The summed E-state index contributed by atoms with van der Waals surface area (Å²) in [6, 6.07) is 12.7. The van der Waals surface area contributed by atoms with Crippen molar-refractivity contribution in [1.29, 1.82) is 0 Å². The highest BCUT2D eigenvalue weighted by molar-refractivity contribution is 6.31. The third-order valence-electron chi connectivity index (χ3n) is 3.66. The summed E-state index contributed by atoms with van der Waals surface area (Å²) in [6.07, 6.45) is 0.181. The summed E-state index contributed by atoms with van der Waals surface area (Å²) in [5, 5.41) is 5.74. The molecule has 0 heterocycles. The number of benzene rings is 2. The second-order valence-electron chi connectivity index (χ2n) is 5.57. The van der Waals surface area contributed by atoms with Crippen molar-refractivity contribution in [3.05, 3.63) is 64.7 Å². The average molecular weight is 375 g/mol. The van der Waals surface area contributed by atoms with Gasteiger partial charge in [-0.15, -0.1) is 0 Å². The van der Waals surface area contributed by atoms with Crippen molar-refractivity contribution in [2.75, 3.05) is 12.4 Å². The molecule has 0 radical (unpaired) electrons. The Morgan fingerprint density at radius 2 is 1.73 bits per heavy atom. The minimum Gasteiger partial charge on any atom is -0.467 e. The molecule has 2 rings (SSSR count). The van der Waals surface area contributed by atoms with Crippen molar-refractivity contribution in [1.82, 2.24) is 5.32 Å². The van der Waals surface area contributed by atoms with E-state index >= 15 is 0 Å². The van der Waals surface area contributed by atoms with Crippen LogP contribution in [0, 0.1) is 0 Å². The molecule has 7 heteroatoms. The highest BCUT2D eigenvalue weighted by Gasteiger charge is 2.24. The highest BCUT2D eigenvalue weighted by atomic mass is 35.5. The van der Waals surface area contributed by atoms with E-state index in [1.165, 1.54) is 14.0 Å². The smallest absolute Gasteiger partial charge is 0.328 e. The maximum atomic E-state index is 12.6. The van der Waals surface area contributed by atoms with E-state index in [1.54, 1.807) is 48.5 Å². The number of hydrogen-bond donors (Lipinski definition) is 2. The molecule has 2 aromatic carbocycles. The Hall–Kier alpha value is -2.86. The molecule has 26 heavy (non-hydrogen) atoms. The third-order valence-corrected chi connectivity index (χ3v) is 4.02. The van der Waals surface area contributed by atoms with Crippen LogP contribution in [0.1, 0.15) is 22.8 Å². The maximum absolute atomic E-state index is 12.6. The molecule has 0 bridgehead atoms. The van der Waals surface area contributed by atoms with Gasteiger partial charge in [0.15, 0.2) is 0 Å². The highest BCUT2D eigenvalue weighted by Crippen LogP contribution is 2.19. The molecule has 0 aromatic heterocycles. The summed E-state index contributed by atoms with van der Waals surface area (Å²) in [4.78, 5) is 36.1. The van der Waals surface area contributed by atoms with Crippen LogP contribution in [-0.4, -0.2) is 30.9 Å². The lowest BCUT2D eigenvalue weighted by atomic mass is 10.0. The van der Waals surface area contributed by atoms with Gasteiger partial charge in [0.05, 0.1) is 18.4 Å². The van der Waals surface area contributed by atoms with Crippen molar-refractivity contribution in [3.63, 3.8) is 0 Å². The number of rotatable bonds is 6. The van der Waals surface area contributed by atoms with Crippen LogP contribution in [0.5, 0.6) is 0 Å². The van der Waals surface area contributed by atoms with Gasteiger partial charge in [0.2, 0.25) is 5.91 Å². The lowest BCUT2D eigenvalue weighted by Crippen LogP contribution is -2.43. The first kappa shape index (κ1) is 19.5. The molecule has 2 aromatic rings. The summed E-state index contributed by atoms with van der Waals surface area (Å²) in [5.74, 6) is -1.39. The number of anilines is 1. The number of ether oxygens (including phenoxy) is 1. The van der Waals surface area contributed by atoms with Gasteiger partial charge >= 0.3 is 5.97 Å². The molecule has 0 fully saturated rings. The van der Waals surface area contributed by atoms with Gasteiger partial charge in [-0.1, -0.05) is 41.9 Å². The molecular weight excluding hydrogens is 356 g/mol. The summed E-state index contributed by atoms with van der Waals surface area (Å²) in [5.41, 5.74) is 1.31. The maximum Gasteiger partial charge on any atom is 0.328 e. The molecule has 6 nitrogen and oxygen atoms in total. The van der Waals surface area contributed by atoms with Crippen LogP contribution >= 0.6 is 11.6 Å². The van der Waals surface area contributed by atoms with Gasteiger partial charge in [0, 0.05) is 18.4 Å². The van der Waals surface area contributed by atoms with E-state index in [4.69, 9.17) is 16.3 Å². The summed E-state index contributed by atoms with van der Waals surface area (Å²) in [6.45, 7) is 1.35. The van der Waals surface area contributed by atoms with Gasteiger partial charge in [0.1, 0.15) is 6.04 Å². The second-order valence-corrected chi connectivity index (χ2v) is 5.98. The fourth-order valence-corrected chi connectivity index (χ4v) is 2.65. The Bertz CT molecular complexity index is 823. The summed E-state index contributed by atoms with van der Waals surface area (Å²) < 4.78 is 4.79. The van der Waals surface area contributed by atoms with Crippen LogP contribution in [-0.2, 0) is 20.7 Å². The van der Waals surface area contributed by atoms with Crippen LogP contribution in [0.25, 0.3) is 0 Å². The molecular formula is C19H19ClN2O4. The van der Waals surface area contributed by atoms with Crippen molar-refractivity contribution in [3.8, 4) is 0 Å². The molecule has 136 valence electrons. The SMILES string of the molecule is COC(=O)[C@@H](Cc1ccccc1Cl)NC(=O)c1ccccc1NC(C)=O. The van der Waals surface area contributed by atoms with Gasteiger partial charge in [-0.3, -0.25) is 9.59 Å². The van der Waals surface area contributed by atoms with Crippen molar-refractivity contribution in [2.24, 2.45) is 0 Å². The number of carbonyl (C=O) groups excluding carboxylic acids is 3. The molecule has 0 aliphatic rings. The molecule has 0 aliphatic heterocycles. The van der Waals surface area contributed by atoms with Gasteiger partial charge in [0.25, 0.3) is 5.91 Å². The molecule has 0 spiro atoms. The zero-order chi connectivity index (χ0) is 19.1. The Labute approximate surface area is 156 Å². The number of carbonyl (C=O) groups is 3. The third kappa shape index (κ3) is 5.07. The molecule has 0 aliphatic carbocycles. The van der Waals surface area contributed by atoms with E-state index in [1.807, 2.05) is 0 Å². The lowest BCUT2D eigenvalue weighted by Gasteiger charge is -2.18. The Morgan fingerprint density at radius 1 is 1.08 bits per heavy atom. The lowest BCUT2D eigenvalue weighted by molar-refractivity contribution is -0.142. The van der Waals surface area contributed by atoms with Crippen molar-refractivity contribution < 1.29 is 19.1 Å². The average Bonchev–Trinajstić information content (AvgIpc) is 2.62. The minimum atomic E-state index is -0.919. The topological polar surface area (TPSA) is 84.5 Å². The molecule has 2 N–H and O–H groups in total. The van der Waals surface area contributed by atoms with Crippen molar-refractivity contribution >= 4 is 35.1 Å². The molecule has 0 saturated carbocycles. The Morgan fingerprint density at radius 3 is 2.38 bits per heavy atom. The van der Waals surface area contributed by atoms with E-state index in [9.17, 15) is 14.4 Å². The number of esters is 1. The summed E-state index contributed by atoms with van der Waals surface area (Å²) >= 11 is 6.14. The van der Waals surface area contributed by atoms with Crippen LogP contribution in [0.2, 0.25) is 5.02 Å². The molecule has 2 amide bonds. The predicted octanol–water partition coefficient (Wildman–Crippen LogP) is 2.81. The van der Waals surface area contributed by atoms with E-state index in [0.29, 0.717) is 16.3 Å². The number of para-hydroxylation sites is 1. The second kappa shape index (κ2) is 9.01. The van der Waals surface area contributed by atoms with Gasteiger partial charge < -0.3 is 15.4 Å². The largest absolute Gasteiger partial charge is 0.467 e. The van der Waals surface area contributed by atoms with Crippen LogP contribution in [0.15, 0.2) is 48.5 Å². The fourth-order valence-electron chi connectivity index (χ4n) is 2.44. The monoisotopic (exact) mass is 374 g/mol. The Balaban J connectivity index is 2.23. The zero-order valence-electron chi connectivity index (χ0n) is 14.4. The van der Waals surface area contributed by atoms with E-state index in [-0.39, 0.29) is 17.9 Å². The number of amides is 2. The van der Waals surface area contributed by atoms with Gasteiger partial charge in [-0.2, -0.15) is 0 Å². The van der Waals surface area contributed by atoms with Gasteiger partial charge in [-0.25, -0.2) is 4.79 Å². The summed E-state index contributed by atoms with van der Waals surface area (Å²) in [7, 11) is 1.25. The fraction of sp³-hybridized carbons (Fsp3) is 0.211. The molecule has 0 unspecified atom stereocenters. The van der Waals surface area contributed by atoms with Crippen molar-refractivity contribution in [2.45, 2.75) is 19.4 Å². The number of nitrogens with one attached hydrogen (secondary N) is 2. The van der Waals surface area contributed by atoms with Crippen LogP contribution in [0.3, 0.4) is 0 Å². The zero-order valence-corrected chi connectivity index (χ0v) is 15.2. The standard InChI is InChI=1S/C19H19ClN2O4/c1-12(23)21-16-10-6-4-8-14(16)18(24)22-17(19(25)26-2)11-13-7-3-5-9-15(13)20/h3-10,17H,11H2,1-2H3,(H,21,23)(H,22,24)/t17-/m1/s1. The Kier molecular flexibility index (Phi) is 6.74. The first-order valence-electron chi connectivity index (χ1n) is 7.91. The minimum absolute atomic E-state index is 0.181. The van der Waals surface area contributed by atoms with Gasteiger partial charge in [-0.05, 0) is 23.8 Å². The van der Waals surface area contributed by atoms with Crippen LogP contribution < -0.4 is 10.6 Å². The number of halogens is 1. The van der Waals surface area contributed by atoms with E-state index in [2.05, 4.69) is 10.6 Å². The van der Waals surface area contributed by atoms with Crippen LogP contribution in [0.4, 0.5) is 5.69 Å². The number of hydrogen-bond acceptors (Lipinski definition) is 4.